The molecule has 2 atom stereocenters. The molecule has 0 spiro atoms. The summed E-state index contributed by atoms with van der Waals surface area (Å²) in [5.41, 5.74) is 0.387. The molecule has 0 fully saturated rings. The van der Waals surface area contributed by atoms with Crippen LogP contribution in [0.3, 0.4) is 0 Å². The van der Waals surface area contributed by atoms with E-state index in [-0.39, 0.29) is 13.2 Å². The minimum absolute atomic E-state index is 0.0181. The quantitative estimate of drug-likeness (QED) is 0.725. The van der Waals surface area contributed by atoms with Gasteiger partial charge in [-0.2, -0.15) is 0 Å². The van der Waals surface area contributed by atoms with Gasteiger partial charge in [0.25, 0.3) is 0 Å². The molecule has 8 nitrogen and oxygen atoms in total. The molecule has 1 heterocycles. The van der Waals surface area contributed by atoms with Gasteiger partial charge in [0.2, 0.25) is 5.91 Å². The van der Waals surface area contributed by atoms with Crippen molar-refractivity contribution in [3.05, 3.63) is 24.3 Å². The van der Waals surface area contributed by atoms with Gasteiger partial charge in [0.05, 0.1) is 12.3 Å². The fourth-order valence-electron chi connectivity index (χ4n) is 2.41. The van der Waals surface area contributed by atoms with Gasteiger partial charge >= 0.3 is 11.9 Å². The smallest absolute Gasteiger partial charge is 0.323 e. The molecule has 1 aliphatic rings. The maximum atomic E-state index is 12.7. The Hall–Kier alpha value is -2.61. The zero-order valence-corrected chi connectivity index (χ0v) is 13.5. The number of benzene rings is 1. The van der Waals surface area contributed by atoms with Crippen molar-refractivity contribution >= 4 is 23.5 Å². The number of carbonyl (C=O) groups excluding carboxylic acids is 2. The Balaban J connectivity index is 2.23. The first-order valence-corrected chi connectivity index (χ1v) is 7.61. The fraction of sp³-hybridized carbons (Fsp3) is 0.438. The van der Waals surface area contributed by atoms with E-state index in [9.17, 15) is 14.4 Å². The lowest BCUT2D eigenvalue weighted by atomic mass is 10.2. The number of nitrogens with one attached hydrogen (secondary N) is 1. The van der Waals surface area contributed by atoms with E-state index >= 15 is 0 Å². The number of hydrogen-bond acceptors (Lipinski definition) is 6. The SMILES string of the molecule is CCOC(=O)[C@H](C)NC1COc2ccccc2N(CC(=O)O)C1=O. The molecule has 2 rings (SSSR count). The van der Waals surface area contributed by atoms with E-state index in [1.165, 1.54) is 0 Å². The van der Waals surface area contributed by atoms with E-state index in [0.29, 0.717) is 11.4 Å². The first-order valence-electron chi connectivity index (χ1n) is 7.61. The molecule has 1 aromatic carbocycles. The molecule has 1 unspecified atom stereocenters. The molecule has 1 aliphatic heterocycles. The number of esters is 1. The first-order chi connectivity index (χ1) is 11.4. The van der Waals surface area contributed by atoms with E-state index in [0.717, 1.165) is 4.90 Å². The second-order valence-electron chi connectivity index (χ2n) is 5.29. The first kappa shape index (κ1) is 17.7. The average molecular weight is 336 g/mol. The third-order valence-corrected chi connectivity index (χ3v) is 3.51. The Morgan fingerprint density at radius 3 is 2.83 bits per heavy atom. The molecule has 1 amide bonds. The van der Waals surface area contributed by atoms with Gasteiger partial charge in [0.15, 0.2) is 0 Å². The molecule has 0 saturated carbocycles. The molecule has 0 bridgehead atoms. The van der Waals surface area contributed by atoms with Crippen LogP contribution < -0.4 is 15.0 Å². The van der Waals surface area contributed by atoms with E-state index < -0.39 is 36.5 Å². The van der Waals surface area contributed by atoms with Crippen LogP contribution in [0, 0.1) is 0 Å². The molecule has 8 heteroatoms. The molecule has 2 N–H and O–H groups in total. The summed E-state index contributed by atoms with van der Waals surface area (Å²) in [5.74, 6) is -1.69. The Labute approximate surface area is 139 Å². The van der Waals surface area contributed by atoms with Gasteiger partial charge in [-0.3, -0.25) is 24.6 Å². The number of fused-ring (bicyclic) bond motifs is 1. The monoisotopic (exact) mass is 336 g/mol. The fourth-order valence-corrected chi connectivity index (χ4v) is 2.41. The normalized spacial score (nSPS) is 18.2. The second kappa shape index (κ2) is 7.78. The zero-order chi connectivity index (χ0) is 17.7. The van der Waals surface area contributed by atoms with Crippen LogP contribution in [-0.4, -0.2) is 54.8 Å². The van der Waals surface area contributed by atoms with Gasteiger partial charge in [-0.05, 0) is 26.0 Å². The van der Waals surface area contributed by atoms with Crippen LogP contribution in [0.5, 0.6) is 5.75 Å². The number of amides is 1. The highest BCUT2D eigenvalue weighted by Crippen LogP contribution is 2.30. The summed E-state index contributed by atoms with van der Waals surface area (Å²) in [6.45, 7) is 2.98. The summed E-state index contributed by atoms with van der Waals surface area (Å²) in [6, 6.07) is 5.12. The van der Waals surface area contributed by atoms with Crippen LogP contribution in [-0.2, 0) is 19.1 Å². The summed E-state index contributed by atoms with van der Waals surface area (Å²) in [6.07, 6.45) is 0. The topological polar surface area (TPSA) is 105 Å². The average Bonchev–Trinajstić information content (AvgIpc) is 2.67. The van der Waals surface area contributed by atoms with Gasteiger partial charge in [0.1, 0.15) is 31.0 Å². The highest BCUT2D eigenvalue weighted by Gasteiger charge is 2.34. The number of para-hydroxylation sites is 2. The number of ether oxygens (including phenoxy) is 2. The number of carbonyl (C=O) groups is 3. The maximum Gasteiger partial charge on any atom is 0.323 e. The van der Waals surface area contributed by atoms with Gasteiger partial charge in [0, 0.05) is 0 Å². The van der Waals surface area contributed by atoms with Crippen molar-refractivity contribution in [1.29, 1.82) is 0 Å². The van der Waals surface area contributed by atoms with Crippen molar-refractivity contribution in [2.24, 2.45) is 0 Å². The third kappa shape index (κ3) is 4.02. The second-order valence-corrected chi connectivity index (χ2v) is 5.29. The minimum atomic E-state index is -1.14. The number of carboxylic acid groups (broad SMARTS) is 1. The molecule has 24 heavy (non-hydrogen) atoms. The van der Waals surface area contributed by atoms with Crippen molar-refractivity contribution in [3.8, 4) is 5.75 Å². The van der Waals surface area contributed by atoms with E-state index in [1.807, 2.05) is 0 Å². The number of nitrogens with zero attached hydrogens (tertiary/aromatic N) is 1. The van der Waals surface area contributed by atoms with Crippen molar-refractivity contribution in [2.75, 3.05) is 24.7 Å². The van der Waals surface area contributed by atoms with Crippen molar-refractivity contribution in [3.63, 3.8) is 0 Å². The Kier molecular flexibility index (Phi) is 5.75. The Bertz CT molecular complexity index is 633. The van der Waals surface area contributed by atoms with Crippen molar-refractivity contribution < 1.29 is 29.0 Å². The van der Waals surface area contributed by atoms with Crippen LogP contribution >= 0.6 is 0 Å². The minimum Gasteiger partial charge on any atom is -0.489 e. The summed E-state index contributed by atoms with van der Waals surface area (Å²) in [7, 11) is 0. The highest BCUT2D eigenvalue weighted by molar-refractivity contribution is 6.02. The van der Waals surface area contributed by atoms with E-state index in [4.69, 9.17) is 14.6 Å². The number of carboxylic acids is 1. The molecule has 0 aromatic heterocycles. The highest BCUT2D eigenvalue weighted by atomic mass is 16.5. The molecule has 0 saturated heterocycles. The van der Waals surface area contributed by atoms with Crippen LogP contribution in [0.1, 0.15) is 13.8 Å². The molecular formula is C16H20N2O6. The number of rotatable bonds is 6. The molecule has 1 aromatic rings. The Morgan fingerprint density at radius 1 is 1.46 bits per heavy atom. The van der Waals surface area contributed by atoms with Gasteiger partial charge in [-0.15, -0.1) is 0 Å². The standard InChI is InChI=1S/C16H20N2O6/c1-3-23-16(22)10(2)17-11-9-24-13-7-5-4-6-12(13)18(15(11)21)8-14(19)20/h4-7,10-11,17H,3,8-9H2,1-2H3,(H,19,20)/t10-,11?/m0/s1. The van der Waals surface area contributed by atoms with E-state index in [1.54, 1.807) is 38.1 Å². The lowest BCUT2D eigenvalue weighted by molar-refractivity contribution is -0.145. The molecular weight excluding hydrogens is 316 g/mol. The zero-order valence-electron chi connectivity index (χ0n) is 13.5. The predicted octanol–water partition coefficient (Wildman–Crippen LogP) is 0.406. The Morgan fingerprint density at radius 2 is 2.17 bits per heavy atom. The van der Waals surface area contributed by atoms with Crippen molar-refractivity contribution in [1.82, 2.24) is 5.32 Å². The summed E-state index contributed by atoms with van der Waals surface area (Å²) in [5, 5.41) is 11.9. The predicted molar refractivity (Wildman–Crippen MR) is 84.9 cm³/mol. The number of aliphatic carboxylic acids is 1. The van der Waals surface area contributed by atoms with Crippen LogP contribution in [0.4, 0.5) is 5.69 Å². The number of hydrogen-bond donors (Lipinski definition) is 2. The van der Waals surface area contributed by atoms with Crippen LogP contribution in [0.15, 0.2) is 24.3 Å². The molecule has 0 aliphatic carbocycles. The third-order valence-electron chi connectivity index (χ3n) is 3.51. The van der Waals surface area contributed by atoms with Gasteiger partial charge < -0.3 is 14.6 Å². The molecule has 0 radical (unpaired) electrons. The molecule has 130 valence electrons. The van der Waals surface area contributed by atoms with E-state index in [2.05, 4.69) is 5.32 Å². The van der Waals surface area contributed by atoms with Gasteiger partial charge in [-0.25, -0.2) is 0 Å². The largest absolute Gasteiger partial charge is 0.489 e. The summed E-state index contributed by atoms with van der Waals surface area (Å²) in [4.78, 5) is 36.7. The van der Waals surface area contributed by atoms with Gasteiger partial charge in [-0.1, -0.05) is 12.1 Å². The lowest BCUT2D eigenvalue weighted by Crippen LogP contribution is -2.54. The van der Waals surface area contributed by atoms with Crippen molar-refractivity contribution in [2.45, 2.75) is 25.9 Å². The summed E-state index contributed by atoms with van der Waals surface area (Å²) < 4.78 is 10.5. The summed E-state index contributed by atoms with van der Waals surface area (Å²) >= 11 is 0. The van der Waals surface area contributed by atoms with Crippen LogP contribution in [0.2, 0.25) is 0 Å². The maximum absolute atomic E-state index is 12.7. The number of anilines is 1. The van der Waals surface area contributed by atoms with Crippen LogP contribution in [0.25, 0.3) is 0 Å². The lowest BCUT2D eigenvalue weighted by Gasteiger charge is -2.24.